The van der Waals surface area contributed by atoms with E-state index in [0.717, 1.165) is 0 Å². The highest BCUT2D eigenvalue weighted by atomic mass is 35.5. The predicted molar refractivity (Wildman–Crippen MR) is 91.2 cm³/mol. The van der Waals surface area contributed by atoms with Crippen molar-refractivity contribution in [3.05, 3.63) is 46.7 Å². The Morgan fingerprint density at radius 3 is 2.67 bits per heavy atom. The molecule has 0 unspecified atom stereocenters. The molecule has 10 heteroatoms. The van der Waals surface area contributed by atoms with E-state index in [2.05, 4.69) is 19.7 Å². The maximum absolute atomic E-state index is 12.6. The molecule has 0 aliphatic carbocycles. The Kier molecular flexibility index (Phi) is 4.44. The molecule has 7 nitrogen and oxygen atoms in total. The van der Waals surface area contributed by atoms with Crippen molar-refractivity contribution in [2.75, 3.05) is 11.8 Å². The first kappa shape index (κ1) is 16.7. The molecule has 1 aromatic carbocycles. The number of pyridine rings is 1. The molecule has 2 heterocycles. The SMILES string of the molecule is COc1nc2cnccc2nc1NS(=O)(=O)c1cccc(Cl)c1Cl. The van der Waals surface area contributed by atoms with Gasteiger partial charge in [-0.15, -0.1) is 0 Å². The normalized spacial score (nSPS) is 11.5. The molecule has 1 N–H and O–H groups in total. The van der Waals surface area contributed by atoms with Crippen LogP contribution in [0.15, 0.2) is 41.6 Å². The number of hydrogen-bond acceptors (Lipinski definition) is 6. The fourth-order valence-electron chi connectivity index (χ4n) is 1.97. The molecule has 0 radical (unpaired) electrons. The largest absolute Gasteiger partial charge is 0.478 e. The van der Waals surface area contributed by atoms with Crippen molar-refractivity contribution in [1.29, 1.82) is 0 Å². The van der Waals surface area contributed by atoms with Gasteiger partial charge in [0.05, 0.1) is 28.9 Å². The van der Waals surface area contributed by atoms with Gasteiger partial charge in [-0.1, -0.05) is 29.3 Å². The van der Waals surface area contributed by atoms with Gasteiger partial charge in [0, 0.05) is 6.20 Å². The molecule has 0 saturated heterocycles. The topological polar surface area (TPSA) is 94.1 Å². The van der Waals surface area contributed by atoms with Gasteiger partial charge in [0.25, 0.3) is 15.9 Å². The van der Waals surface area contributed by atoms with Gasteiger partial charge in [0.1, 0.15) is 10.4 Å². The van der Waals surface area contributed by atoms with Gasteiger partial charge in [-0.25, -0.2) is 18.4 Å². The zero-order chi connectivity index (χ0) is 17.3. The van der Waals surface area contributed by atoms with E-state index in [-0.39, 0.29) is 26.6 Å². The van der Waals surface area contributed by atoms with Crippen LogP contribution in [0.1, 0.15) is 0 Å². The number of rotatable bonds is 4. The minimum Gasteiger partial charge on any atom is -0.478 e. The zero-order valence-electron chi connectivity index (χ0n) is 12.2. The monoisotopic (exact) mass is 384 g/mol. The predicted octanol–water partition coefficient (Wildman–Crippen LogP) is 3.14. The average Bonchev–Trinajstić information content (AvgIpc) is 2.56. The molecule has 0 bridgehead atoms. The second-order valence-electron chi connectivity index (χ2n) is 4.60. The molecule has 24 heavy (non-hydrogen) atoms. The van der Waals surface area contributed by atoms with E-state index in [9.17, 15) is 8.42 Å². The number of methoxy groups -OCH3 is 1. The van der Waals surface area contributed by atoms with E-state index in [1.165, 1.54) is 37.7 Å². The standard InChI is InChI=1S/C14H10Cl2N4O3S/c1-23-14-13(18-9-5-6-17-7-10(9)19-14)20-24(21,22)11-4-2-3-8(15)12(11)16/h2-7H,1H3,(H,18,20). The summed E-state index contributed by atoms with van der Waals surface area (Å²) in [5.41, 5.74) is 0.929. The van der Waals surface area contributed by atoms with Crippen LogP contribution in [0.3, 0.4) is 0 Å². The fraction of sp³-hybridized carbons (Fsp3) is 0.0714. The number of fused-ring (bicyclic) bond motifs is 1. The lowest BCUT2D eigenvalue weighted by atomic mass is 10.4. The summed E-state index contributed by atoms with van der Waals surface area (Å²) in [5.74, 6) is -0.0514. The van der Waals surface area contributed by atoms with Crippen molar-refractivity contribution in [1.82, 2.24) is 15.0 Å². The quantitative estimate of drug-likeness (QED) is 0.742. The fourth-order valence-corrected chi connectivity index (χ4v) is 3.74. The molecule has 3 aromatic rings. The molecule has 3 rings (SSSR count). The molecule has 0 amide bonds. The Labute approximate surface area is 147 Å². The second-order valence-corrected chi connectivity index (χ2v) is 7.04. The van der Waals surface area contributed by atoms with E-state index in [1.807, 2.05) is 0 Å². The van der Waals surface area contributed by atoms with E-state index in [1.54, 1.807) is 6.07 Å². The van der Waals surface area contributed by atoms with E-state index in [4.69, 9.17) is 27.9 Å². The van der Waals surface area contributed by atoms with Crippen molar-refractivity contribution < 1.29 is 13.2 Å². The van der Waals surface area contributed by atoms with Crippen LogP contribution in [0.4, 0.5) is 5.82 Å². The molecular formula is C14H10Cl2N4O3S. The highest BCUT2D eigenvalue weighted by Gasteiger charge is 2.22. The lowest BCUT2D eigenvalue weighted by Crippen LogP contribution is -2.16. The molecule has 0 spiro atoms. The third-order valence-electron chi connectivity index (χ3n) is 3.06. The molecule has 0 aliphatic heterocycles. The summed E-state index contributed by atoms with van der Waals surface area (Å²) in [6.45, 7) is 0. The summed E-state index contributed by atoms with van der Waals surface area (Å²) >= 11 is 11.9. The maximum atomic E-state index is 12.6. The Balaban J connectivity index is 2.09. The van der Waals surface area contributed by atoms with Crippen LogP contribution in [0, 0.1) is 0 Å². The molecular weight excluding hydrogens is 375 g/mol. The van der Waals surface area contributed by atoms with Crippen molar-refractivity contribution in [2.24, 2.45) is 0 Å². The van der Waals surface area contributed by atoms with Crippen molar-refractivity contribution in [3.63, 3.8) is 0 Å². The molecule has 0 aliphatic rings. The van der Waals surface area contributed by atoms with Crippen LogP contribution >= 0.6 is 23.2 Å². The second kappa shape index (κ2) is 6.39. The van der Waals surface area contributed by atoms with Crippen molar-refractivity contribution in [3.8, 4) is 5.88 Å². The van der Waals surface area contributed by atoms with Crippen LogP contribution in [0.25, 0.3) is 11.0 Å². The van der Waals surface area contributed by atoms with E-state index < -0.39 is 10.0 Å². The van der Waals surface area contributed by atoms with Crippen LogP contribution in [0.5, 0.6) is 5.88 Å². The summed E-state index contributed by atoms with van der Waals surface area (Å²) in [5, 5.41) is 0.0470. The molecule has 124 valence electrons. The number of aromatic nitrogens is 3. The molecule has 0 saturated carbocycles. The van der Waals surface area contributed by atoms with Crippen LogP contribution in [0.2, 0.25) is 10.0 Å². The summed E-state index contributed by atoms with van der Waals surface area (Å²) < 4.78 is 32.6. The number of hydrogen-bond donors (Lipinski definition) is 1. The van der Waals surface area contributed by atoms with E-state index in [0.29, 0.717) is 11.0 Å². The van der Waals surface area contributed by atoms with Gasteiger partial charge < -0.3 is 4.74 Å². The number of benzene rings is 1. The number of anilines is 1. The minimum atomic E-state index is -4.03. The van der Waals surface area contributed by atoms with Gasteiger partial charge >= 0.3 is 0 Å². The molecule has 2 aromatic heterocycles. The first-order valence-corrected chi connectivity index (χ1v) is 8.79. The van der Waals surface area contributed by atoms with Crippen molar-refractivity contribution >= 4 is 50.1 Å². The Bertz CT molecular complexity index is 1030. The number of sulfonamides is 1. The first-order valence-electron chi connectivity index (χ1n) is 6.55. The summed E-state index contributed by atoms with van der Waals surface area (Å²) in [6, 6.07) is 5.91. The van der Waals surface area contributed by atoms with Crippen LogP contribution < -0.4 is 9.46 Å². The lowest BCUT2D eigenvalue weighted by molar-refractivity contribution is 0.400. The van der Waals surface area contributed by atoms with Gasteiger partial charge in [-0.2, -0.15) is 0 Å². The van der Waals surface area contributed by atoms with Gasteiger partial charge in [0.2, 0.25) is 5.82 Å². The van der Waals surface area contributed by atoms with Crippen molar-refractivity contribution in [2.45, 2.75) is 4.90 Å². The Morgan fingerprint density at radius 1 is 1.12 bits per heavy atom. The smallest absolute Gasteiger partial charge is 0.264 e. The molecule has 0 fully saturated rings. The van der Waals surface area contributed by atoms with Crippen LogP contribution in [-0.4, -0.2) is 30.5 Å². The minimum absolute atomic E-state index is 0.0113. The highest BCUT2D eigenvalue weighted by Crippen LogP contribution is 2.31. The van der Waals surface area contributed by atoms with Gasteiger partial charge in [-0.05, 0) is 18.2 Å². The summed E-state index contributed by atoms with van der Waals surface area (Å²) in [7, 11) is -2.67. The average molecular weight is 385 g/mol. The third-order valence-corrected chi connectivity index (χ3v) is 5.38. The number of halogens is 2. The Morgan fingerprint density at radius 2 is 1.92 bits per heavy atom. The third kappa shape index (κ3) is 3.08. The van der Waals surface area contributed by atoms with Gasteiger partial charge in [0.15, 0.2) is 0 Å². The Hall–Kier alpha value is -2.16. The maximum Gasteiger partial charge on any atom is 0.264 e. The lowest BCUT2D eigenvalue weighted by Gasteiger charge is -2.12. The number of ether oxygens (including phenoxy) is 1. The van der Waals surface area contributed by atoms with E-state index >= 15 is 0 Å². The number of nitrogens with zero attached hydrogens (tertiary/aromatic N) is 3. The summed E-state index contributed by atoms with van der Waals surface area (Å²) in [4.78, 5) is 12.2. The number of nitrogens with one attached hydrogen (secondary N) is 1. The summed E-state index contributed by atoms with van der Waals surface area (Å²) in [6.07, 6.45) is 3.02. The highest BCUT2D eigenvalue weighted by molar-refractivity contribution is 7.92. The first-order chi connectivity index (χ1) is 11.4. The molecule has 0 atom stereocenters. The zero-order valence-corrected chi connectivity index (χ0v) is 14.5. The van der Waals surface area contributed by atoms with Crippen LogP contribution in [-0.2, 0) is 10.0 Å². The van der Waals surface area contributed by atoms with Gasteiger partial charge in [-0.3, -0.25) is 9.71 Å².